The van der Waals surface area contributed by atoms with Gasteiger partial charge in [-0.1, -0.05) is 34.8 Å². The van der Waals surface area contributed by atoms with Crippen molar-refractivity contribution in [3.05, 3.63) is 51.0 Å². The lowest BCUT2D eigenvalue weighted by atomic mass is 10.1. The van der Waals surface area contributed by atoms with E-state index in [1.54, 1.807) is 38.5 Å². The Hall–Kier alpha value is -1.29. The lowest BCUT2D eigenvalue weighted by Gasteiger charge is -2.15. The van der Waals surface area contributed by atoms with Gasteiger partial charge in [-0.25, -0.2) is 0 Å². The van der Waals surface area contributed by atoms with Crippen LogP contribution in [0.1, 0.15) is 5.56 Å². The number of ether oxygens (including phenoxy) is 2. The van der Waals surface area contributed by atoms with Crippen LogP contribution in [0.3, 0.4) is 0 Å². The van der Waals surface area contributed by atoms with E-state index in [1.807, 2.05) is 6.07 Å². The van der Waals surface area contributed by atoms with Gasteiger partial charge in [-0.15, -0.1) is 0 Å². The molecule has 0 heterocycles. The summed E-state index contributed by atoms with van der Waals surface area (Å²) < 4.78 is 10.7. The fraction of sp³-hybridized carbons (Fsp3) is 0.200. The first-order valence-electron chi connectivity index (χ1n) is 6.14. The Labute approximate surface area is 138 Å². The fourth-order valence-corrected chi connectivity index (χ4v) is 2.55. The molecule has 0 saturated carbocycles. The van der Waals surface area contributed by atoms with E-state index in [9.17, 15) is 0 Å². The Kier molecular flexibility index (Phi) is 5.45. The van der Waals surface area contributed by atoms with Crippen molar-refractivity contribution < 1.29 is 9.47 Å². The number of rotatable bonds is 5. The van der Waals surface area contributed by atoms with Crippen LogP contribution < -0.4 is 14.8 Å². The molecule has 3 nitrogen and oxygen atoms in total. The summed E-state index contributed by atoms with van der Waals surface area (Å²) in [4.78, 5) is 0. The molecule has 2 rings (SSSR count). The van der Waals surface area contributed by atoms with E-state index in [1.165, 1.54) is 0 Å². The third kappa shape index (κ3) is 3.88. The zero-order valence-electron chi connectivity index (χ0n) is 11.5. The molecule has 0 aliphatic rings. The van der Waals surface area contributed by atoms with Crippen molar-refractivity contribution in [3.8, 4) is 11.5 Å². The second-order valence-electron chi connectivity index (χ2n) is 4.28. The highest BCUT2D eigenvalue weighted by molar-refractivity contribution is 6.35. The number of methoxy groups -OCH3 is 2. The van der Waals surface area contributed by atoms with Gasteiger partial charge in [-0.3, -0.25) is 0 Å². The monoisotopic (exact) mass is 345 g/mol. The van der Waals surface area contributed by atoms with Crippen LogP contribution in [0.2, 0.25) is 15.1 Å². The minimum Gasteiger partial charge on any atom is -0.493 e. The molecule has 0 atom stereocenters. The summed E-state index contributed by atoms with van der Waals surface area (Å²) >= 11 is 18.2. The Morgan fingerprint density at radius 3 is 2.38 bits per heavy atom. The van der Waals surface area contributed by atoms with Gasteiger partial charge >= 0.3 is 0 Å². The third-order valence-corrected chi connectivity index (χ3v) is 3.70. The van der Waals surface area contributed by atoms with Crippen LogP contribution in [0, 0.1) is 0 Å². The van der Waals surface area contributed by atoms with Crippen molar-refractivity contribution in [2.24, 2.45) is 0 Å². The quantitative estimate of drug-likeness (QED) is 0.799. The predicted molar refractivity (Wildman–Crippen MR) is 88.3 cm³/mol. The van der Waals surface area contributed by atoms with Gasteiger partial charge in [0.15, 0.2) is 11.5 Å². The highest BCUT2D eigenvalue weighted by Gasteiger charge is 2.12. The first-order valence-corrected chi connectivity index (χ1v) is 7.28. The average molecular weight is 347 g/mol. The van der Waals surface area contributed by atoms with Gasteiger partial charge in [0, 0.05) is 28.2 Å². The van der Waals surface area contributed by atoms with E-state index in [0.717, 1.165) is 11.3 Å². The number of anilines is 1. The van der Waals surface area contributed by atoms with Gasteiger partial charge in [-0.2, -0.15) is 0 Å². The van der Waals surface area contributed by atoms with Gasteiger partial charge < -0.3 is 14.8 Å². The second kappa shape index (κ2) is 7.12. The maximum Gasteiger partial charge on any atom is 0.165 e. The van der Waals surface area contributed by atoms with E-state index < -0.39 is 0 Å². The van der Waals surface area contributed by atoms with Crippen molar-refractivity contribution in [1.82, 2.24) is 0 Å². The van der Waals surface area contributed by atoms with Gasteiger partial charge in [0.05, 0.1) is 24.9 Å². The highest BCUT2D eigenvalue weighted by Crippen LogP contribution is 2.35. The van der Waals surface area contributed by atoms with E-state index in [2.05, 4.69) is 5.32 Å². The van der Waals surface area contributed by atoms with Crippen LogP contribution in [-0.4, -0.2) is 14.2 Å². The van der Waals surface area contributed by atoms with Gasteiger partial charge in [0.1, 0.15) is 0 Å². The van der Waals surface area contributed by atoms with Crippen LogP contribution >= 0.6 is 34.8 Å². The Balaban J connectivity index is 2.27. The van der Waals surface area contributed by atoms with Crippen molar-refractivity contribution >= 4 is 40.5 Å². The molecule has 0 radical (unpaired) electrons. The predicted octanol–water partition coefficient (Wildman–Crippen LogP) is 5.28. The summed E-state index contributed by atoms with van der Waals surface area (Å²) in [6.07, 6.45) is 0. The molecule has 2 aromatic carbocycles. The van der Waals surface area contributed by atoms with Crippen LogP contribution in [0.5, 0.6) is 11.5 Å². The first kappa shape index (κ1) is 16.1. The zero-order valence-corrected chi connectivity index (χ0v) is 13.8. The summed E-state index contributed by atoms with van der Waals surface area (Å²) in [5.74, 6) is 1.21. The standard InChI is InChI=1S/C15H14Cl3NO2/c1-20-14-7-11(17)5-9(15(14)21-2)8-19-13-6-10(16)3-4-12(13)18/h3-7,19H,8H2,1-2H3. The van der Waals surface area contributed by atoms with Crippen molar-refractivity contribution in [1.29, 1.82) is 0 Å². The molecule has 0 aromatic heterocycles. The summed E-state index contributed by atoms with van der Waals surface area (Å²) in [6, 6.07) is 8.75. The maximum atomic E-state index is 6.12. The molecule has 1 N–H and O–H groups in total. The molecule has 2 aromatic rings. The molecule has 0 saturated heterocycles. The minimum absolute atomic E-state index is 0.472. The summed E-state index contributed by atoms with van der Waals surface area (Å²) in [6.45, 7) is 0.472. The largest absolute Gasteiger partial charge is 0.493 e. The Morgan fingerprint density at radius 2 is 1.71 bits per heavy atom. The molecule has 0 aliphatic carbocycles. The van der Waals surface area contributed by atoms with Crippen LogP contribution in [0.4, 0.5) is 5.69 Å². The molecule has 0 aliphatic heterocycles. The number of halogens is 3. The summed E-state index contributed by atoms with van der Waals surface area (Å²) in [7, 11) is 3.15. The normalized spacial score (nSPS) is 10.3. The number of hydrogen-bond acceptors (Lipinski definition) is 3. The summed E-state index contributed by atoms with van der Waals surface area (Å²) in [5, 5.41) is 4.98. The first-order chi connectivity index (χ1) is 10.0. The molecule has 0 amide bonds. The molecule has 0 spiro atoms. The number of benzene rings is 2. The molecule has 21 heavy (non-hydrogen) atoms. The topological polar surface area (TPSA) is 30.5 Å². The van der Waals surface area contributed by atoms with Gasteiger partial charge in [0.25, 0.3) is 0 Å². The fourth-order valence-electron chi connectivity index (χ4n) is 1.96. The van der Waals surface area contributed by atoms with E-state index in [-0.39, 0.29) is 0 Å². The highest BCUT2D eigenvalue weighted by atomic mass is 35.5. The molecule has 0 unspecified atom stereocenters. The average Bonchev–Trinajstić information content (AvgIpc) is 2.47. The van der Waals surface area contributed by atoms with Crippen LogP contribution in [0.25, 0.3) is 0 Å². The number of hydrogen-bond donors (Lipinski definition) is 1. The summed E-state index contributed by atoms with van der Waals surface area (Å²) in [5.41, 5.74) is 1.60. The van der Waals surface area contributed by atoms with E-state index >= 15 is 0 Å². The van der Waals surface area contributed by atoms with E-state index in [0.29, 0.717) is 33.1 Å². The van der Waals surface area contributed by atoms with Gasteiger partial charge in [0.2, 0.25) is 0 Å². The van der Waals surface area contributed by atoms with Gasteiger partial charge in [-0.05, 0) is 24.3 Å². The van der Waals surface area contributed by atoms with Crippen molar-refractivity contribution in [2.45, 2.75) is 6.54 Å². The zero-order chi connectivity index (χ0) is 15.4. The molecule has 0 bridgehead atoms. The van der Waals surface area contributed by atoms with Crippen molar-refractivity contribution in [2.75, 3.05) is 19.5 Å². The van der Waals surface area contributed by atoms with Crippen LogP contribution in [0.15, 0.2) is 30.3 Å². The number of nitrogens with one attached hydrogen (secondary N) is 1. The molecular weight excluding hydrogens is 333 g/mol. The maximum absolute atomic E-state index is 6.12. The lowest BCUT2D eigenvalue weighted by molar-refractivity contribution is 0.352. The molecule has 6 heteroatoms. The third-order valence-electron chi connectivity index (χ3n) is 2.92. The molecular formula is C15H14Cl3NO2. The van der Waals surface area contributed by atoms with E-state index in [4.69, 9.17) is 44.3 Å². The Morgan fingerprint density at radius 1 is 0.952 bits per heavy atom. The lowest BCUT2D eigenvalue weighted by Crippen LogP contribution is -2.03. The SMILES string of the molecule is COc1cc(Cl)cc(CNc2cc(Cl)ccc2Cl)c1OC. The molecule has 0 fully saturated rings. The minimum atomic E-state index is 0.472. The smallest absolute Gasteiger partial charge is 0.165 e. The van der Waals surface area contributed by atoms with Crippen molar-refractivity contribution in [3.63, 3.8) is 0 Å². The van der Waals surface area contributed by atoms with Crippen LogP contribution in [-0.2, 0) is 6.54 Å². The molecule has 112 valence electrons. The Bertz CT molecular complexity index is 647. The second-order valence-corrected chi connectivity index (χ2v) is 5.56.